The third-order valence-electron chi connectivity index (χ3n) is 1.08. The van der Waals surface area contributed by atoms with E-state index in [1.807, 2.05) is 24.3 Å². The van der Waals surface area contributed by atoms with E-state index < -0.39 is 0 Å². The van der Waals surface area contributed by atoms with Crippen molar-refractivity contribution < 1.29 is 4.74 Å². The van der Waals surface area contributed by atoms with E-state index in [-0.39, 0.29) is 6.73 Å². The number of hydrogen-bond acceptors (Lipinski definition) is 2. The van der Waals surface area contributed by atoms with Gasteiger partial charge in [0.1, 0.15) is 12.5 Å². The van der Waals surface area contributed by atoms with Crippen LogP contribution in [0, 0.1) is 0 Å². The van der Waals surface area contributed by atoms with Gasteiger partial charge < -0.3 is 4.74 Å². The summed E-state index contributed by atoms with van der Waals surface area (Å²) in [5.74, 6) is 0.782. The molecule has 0 amide bonds. The Balaban J connectivity index is 2.81. The van der Waals surface area contributed by atoms with E-state index in [0.29, 0.717) is 0 Å². The van der Waals surface area contributed by atoms with Crippen LogP contribution in [0.3, 0.4) is 0 Å². The number of benzene rings is 1. The molecule has 1 aromatic carbocycles. The Hall–Kier alpha value is -0.540. The number of para-hydroxylation sites is 1. The summed E-state index contributed by atoms with van der Waals surface area (Å²) in [7, 11) is 0. The van der Waals surface area contributed by atoms with Crippen molar-refractivity contribution in [2.75, 3.05) is 6.73 Å². The molecule has 0 unspecified atom stereocenters. The van der Waals surface area contributed by atoms with E-state index in [1.165, 1.54) is 0 Å². The van der Waals surface area contributed by atoms with Crippen molar-refractivity contribution in [2.45, 2.75) is 0 Å². The third kappa shape index (κ3) is 1.72. The number of hydrogen-bond donors (Lipinski definition) is 1. The summed E-state index contributed by atoms with van der Waals surface area (Å²) in [5.41, 5.74) is 5.19. The molecule has 0 aliphatic carbocycles. The van der Waals surface area contributed by atoms with Crippen molar-refractivity contribution in [3.05, 3.63) is 28.7 Å². The van der Waals surface area contributed by atoms with Crippen LogP contribution in [0.2, 0.25) is 0 Å². The summed E-state index contributed by atoms with van der Waals surface area (Å²) < 4.78 is 6.00. The fourth-order valence-electron chi connectivity index (χ4n) is 0.652. The van der Waals surface area contributed by atoms with Gasteiger partial charge in [0.15, 0.2) is 0 Å². The van der Waals surface area contributed by atoms with Gasteiger partial charge in [0, 0.05) is 0 Å². The van der Waals surface area contributed by atoms with Crippen molar-refractivity contribution in [2.24, 2.45) is 5.73 Å². The molecule has 0 heterocycles. The summed E-state index contributed by atoms with van der Waals surface area (Å²) in [6, 6.07) is 7.59. The predicted molar refractivity (Wildman–Crippen MR) is 43.8 cm³/mol. The van der Waals surface area contributed by atoms with Crippen molar-refractivity contribution in [3.8, 4) is 5.75 Å². The van der Waals surface area contributed by atoms with Crippen LogP contribution in [-0.4, -0.2) is 6.73 Å². The maximum Gasteiger partial charge on any atom is 0.137 e. The second-order valence-corrected chi connectivity index (χ2v) is 2.60. The zero-order chi connectivity index (χ0) is 7.40. The van der Waals surface area contributed by atoms with Crippen LogP contribution in [0.4, 0.5) is 0 Å². The topological polar surface area (TPSA) is 35.2 Å². The van der Waals surface area contributed by atoms with E-state index >= 15 is 0 Å². The molecule has 1 aromatic rings. The minimum atomic E-state index is 0.211. The molecule has 1 rings (SSSR count). The Kier molecular flexibility index (Phi) is 2.71. The van der Waals surface area contributed by atoms with Crippen molar-refractivity contribution >= 4 is 15.9 Å². The van der Waals surface area contributed by atoms with Gasteiger partial charge in [-0.2, -0.15) is 0 Å². The molecule has 0 saturated carbocycles. The van der Waals surface area contributed by atoms with Gasteiger partial charge in [-0.25, -0.2) is 0 Å². The summed E-state index contributed by atoms with van der Waals surface area (Å²) in [5, 5.41) is 0. The molecule has 0 aliphatic heterocycles. The molecular formula is C7H8BrNO. The lowest BCUT2D eigenvalue weighted by molar-refractivity contribution is 0.327. The minimum absolute atomic E-state index is 0.211. The molecule has 54 valence electrons. The maximum absolute atomic E-state index is 5.19. The van der Waals surface area contributed by atoms with Crippen molar-refractivity contribution in [1.82, 2.24) is 0 Å². The van der Waals surface area contributed by atoms with Gasteiger partial charge >= 0.3 is 0 Å². The summed E-state index contributed by atoms with van der Waals surface area (Å²) >= 11 is 3.32. The van der Waals surface area contributed by atoms with Gasteiger partial charge in [0.05, 0.1) is 4.47 Å². The smallest absolute Gasteiger partial charge is 0.137 e. The highest BCUT2D eigenvalue weighted by atomic mass is 79.9. The SMILES string of the molecule is NCOc1ccccc1Br. The first-order valence-corrected chi connectivity index (χ1v) is 3.71. The monoisotopic (exact) mass is 201 g/mol. The Morgan fingerprint density at radius 1 is 1.40 bits per heavy atom. The Morgan fingerprint density at radius 2 is 2.10 bits per heavy atom. The Labute approximate surface area is 68.1 Å². The molecule has 3 heteroatoms. The zero-order valence-corrected chi connectivity index (χ0v) is 6.97. The molecule has 2 N–H and O–H groups in total. The lowest BCUT2D eigenvalue weighted by Crippen LogP contribution is -2.07. The van der Waals surface area contributed by atoms with Gasteiger partial charge in [-0.05, 0) is 28.1 Å². The number of nitrogens with two attached hydrogens (primary N) is 1. The van der Waals surface area contributed by atoms with Crippen LogP contribution in [0.1, 0.15) is 0 Å². The lowest BCUT2D eigenvalue weighted by atomic mass is 10.3. The molecular weight excluding hydrogens is 194 g/mol. The molecule has 2 nitrogen and oxygen atoms in total. The largest absolute Gasteiger partial charge is 0.477 e. The van der Waals surface area contributed by atoms with Gasteiger partial charge in [-0.1, -0.05) is 12.1 Å². The highest BCUT2D eigenvalue weighted by Gasteiger charge is 1.95. The predicted octanol–water partition coefficient (Wildman–Crippen LogP) is 1.74. The van der Waals surface area contributed by atoms with E-state index in [2.05, 4.69) is 15.9 Å². The summed E-state index contributed by atoms with van der Waals surface area (Å²) in [6.07, 6.45) is 0. The van der Waals surface area contributed by atoms with E-state index in [0.717, 1.165) is 10.2 Å². The number of ether oxygens (including phenoxy) is 1. The average Bonchev–Trinajstić information content (AvgIpc) is 1.94. The second-order valence-electron chi connectivity index (χ2n) is 1.74. The second kappa shape index (κ2) is 3.58. The molecule has 10 heavy (non-hydrogen) atoms. The van der Waals surface area contributed by atoms with Crippen LogP contribution in [0.25, 0.3) is 0 Å². The first kappa shape index (κ1) is 7.57. The van der Waals surface area contributed by atoms with Crippen molar-refractivity contribution in [1.29, 1.82) is 0 Å². The van der Waals surface area contributed by atoms with Crippen molar-refractivity contribution in [3.63, 3.8) is 0 Å². The quantitative estimate of drug-likeness (QED) is 0.741. The Morgan fingerprint density at radius 3 is 2.70 bits per heavy atom. The van der Waals surface area contributed by atoms with E-state index in [1.54, 1.807) is 0 Å². The molecule has 0 aliphatic rings. The van der Waals surface area contributed by atoms with E-state index in [4.69, 9.17) is 10.5 Å². The first-order valence-electron chi connectivity index (χ1n) is 2.92. The number of rotatable bonds is 2. The van der Waals surface area contributed by atoms with Crippen LogP contribution in [-0.2, 0) is 0 Å². The van der Waals surface area contributed by atoms with Crippen LogP contribution in [0.15, 0.2) is 28.7 Å². The van der Waals surface area contributed by atoms with E-state index in [9.17, 15) is 0 Å². The molecule has 0 bridgehead atoms. The van der Waals surface area contributed by atoms with Gasteiger partial charge in [0.2, 0.25) is 0 Å². The van der Waals surface area contributed by atoms with Gasteiger partial charge in [-0.15, -0.1) is 0 Å². The number of halogens is 1. The normalized spacial score (nSPS) is 9.40. The summed E-state index contributed by atoms with van der Waals surface area (Å²) in [6.45, 7) is 0.211. The molecule has 0 atom stereocenters. The van der Waals surface area contributed by atoms with Crippen LogP contribution < -0.4 is 10.5 Å². The first-order chi connectivity index (χ1) is 4.84. The highest BCUT2D eigenvalue weighted by molar-refractivity contribution is 9.10. The highest BCUT2D eigenvalue weighted by Crippen LogP contribution is 2.22. The van der Waals surface area contributed by atoms with Crippen LogP contribution >= 0.6 is 15.9 Å². The Bertz CT molecular complexity index is 215. The maximum atomic E-state index is 5.19. The average molecular weight is 202 g/mol. The standard InChI is InChI=1S/C7H8BrNO/c8-6-3-1-2-4-7(6)10-5-9/h1-4H,5,9H2. The fourth-order valence-corrected chi connectivity index (χ4v) is 1.05. The molecule has 0 fully saturated rings. The molecule has 0 radical (unpaired) electrons. The lowest BCUT2D eigenvalue weighted by Gasteiger charge is -2.02. The molecule has 0 spiro atoms. The molecule has 0 aromatic heterocycles. The summed E-state index contributed by atoms with van der Waals surface area (Å²) in [4.78, 5) is 0. The zero-order valence-electron chi connectivity index (χ0n) is 5.38. The van der Waals surface area contributed by atoms with Crippen LogP contribution in [0.5, 0.6) is 5.75 Å². The third-order valence-corrected chi connectivity index (χ3v) is 1.73. The minimum Gasteiger partial charge on any atom is -0.477 e. The molecule has 0 saturated heterocycles. The van der Waals surface area contributed by atoms with Gasteiger partial charge in [-0.3, -0.25) is 5.73 Å². The fraction of sp³-hybridized carbons (Fsp3) is 0.143. The van der Waals surface area contributed by atoms with Gasteiger partial charge in [0.25, 0.3) is 0 Å².